The van der Waals surface area contributed by atoms with Crippen molar-refractivity contribution in [1.29, 1.82) is 0 Å². The van der Waals surface area contributed by atoms with Crippen molar-refractivity contribution < 1.29 is 4.74 Å². The minimum absolute atomic E-state index is 0.715. The van der Waals surface area contributed by atoms with E-state index in [0.29, 0.717) is 6.04 Å². The highest BCUT2D eigenvalue weighted by Gasteiger charge is 2.31. The first-order valence-electron chi connectivity index (χ1n) is 7.44. The van der Waals surface area contributed by atoms with Crippen molar-refractivity contribution in [3.05, 3.63) is 0 Å². The lowest BCUT2D eigenvalue weighted by atomic mass is 9.72. The number of hydrogen-bond acceptors (Lipinski definition) is 2. The van der Waals surface area contributed by atoms with Gasteiger partial charge in [0.05, 0.1) is 0 Å². The van der Waals surface area contributed by atoms with Crippen LogP contribution >= 0.6 is 0 Å². The summed E-state index contributed by atoms with van der Waals surface area (Å²) in [6.45, 7) is 6.83. The minimum atomic E-state index is 0.715. The smallest absolute Gasteiger partial charge is 0.0495 e. The first-order chi connectivity index (χ1) is 8.19. The third-order valence-corrected chi connectivity index (χ3v) is 4.77. The zero-order valence-corrected chi connectivity index (χ0v) is 11.7. The summed E-state index contributed by atoms with van der Waals surface area (Å²) in [4.78, 5) is 0. The summed E-state index contributed by atoms with van der Waals surface area (Å²) in [5, 5.41) is 3.58. The molecule has 1 N–H and O–H groups in total. The van der Waals surface area contributed by atoms with E-state index in [4.69, 9.17) is 4.74 Å². The zero-order chi connectivity index (χ0) is 12.3. The standard InChI is InChI=1S/C15H29NO/c1-11-6-12(2)8-14(7-11)15(16-3)9-13-4-5-17-10-13/h11-16H,4-10H2,1-3H3. The predicted molar refractivity (Wildman–Crippen MR) is 72.1 cm³/mol. The Bertz CT molecular complexity index is 215. The van der Waals surface area contributed by atoms with Crippen molar-refractivity contribution in [2.45, 2.75) is 52.0 Å². The van der Waals surface area contributed by atoms with Gasteiger partial charge in [-0.25, -0.2) is 0 Å². The highest BCUT2D eigenvalue weighted by molar-refractivity contribution is 4.85. The highest BCUT2D eigenvalue weighted by Crippen LogP contribution is 2.36. The van der Waals surface area contributed by atoms with Crippen molar-refractivity contribution in [3.63, 3.8) is 0 Å². The molecule has 2 rings (SSSR count). The molecule has 2 heteroatoms. The van der Waals surface area contributed by atoms with Gasteiger partial charge in [-0.3, -0.25) is 0 Å². The molecule has 1 aliphatic heterocycles. The van der Waals surface area contributed by atoms with Gasteiger partial charge >= 0.3 is 0 Å². The van der Waals surface area contributed by atoms with E-state index in [-0.39, 0.29) is 0 Å². The van der Waals surface area contributed by atoms with Crippen LogP contribution in [-0.2, 0) is 4.74 Å². The Morgan fingerprint density at radius 2 is 1.88 bits per heavy atom. The zero-order valence-electron chi connectivity index (χ0n) is 11.7. The van der Waals surface area contributed by atoms with E-state index in [1.54, 1.807) is 0 Å². The van der Waals surface area contributed by atoms with Gasteiger partial charge in [-0.05, 0) is 62.8 Å². The third kappa shape index (κ3) is 3.69. The average Bonchev–Trinajstić information content (AvgIpc) is 2.77. The van der Waals surface area contributed by atoms with E-state index < -0.39 is 0 Å². The minimum Gasteiger partial charge on any atom is -0.381 e. The van der Waals surface area contributed by atoms with Gasteiger partial charge in [0.15, 0.2) is 0 Å². The van der Waals surface area contributed by atoms with Gasteiger partial charge in [-0.1, -0.05) is 13.8 Å². The molecule has 4 unspecified atom stereocenters. The fourth-order valence-electron chi connectivity index (χ4n) is 4.01. The van der Waals surface area contributed by atoms with E-state index in [9.17, 15) is 0 Å². The second-order valence-electron chi connectivity index (χ2n) is 6.54. The molecule has 2 aliphatic rings. The van der Waals surface area contributed by atoms with E-state index in [2.05, 4.69) is 26.2 Å². The van der Waals surface area contributed by atoms with E-state index in [1.807, 2.05) is 0 Å². The third-order valence-electron chi connectivity index (χ3n) is 4.77. The van der Waals surface area contributed by atoms with Gasteiger partial charge < -0.3 is 10.1 Å². The summed E-state index contributed by atoms with van der Waals surface area (Å²) < 4.78 is 5.50. The second-order valence-corrected chi connectivity index (χ2v) is 6.54. The molecule has 0 spiro atoms. The first-order valence-corrected chi connectivity index (χ1v) is 7.44. The lowest BCUT2D eigenvalue weighted by Crippen LogP contribution is -2.39. The van der Waals surface area contributed by atoms with Gasteiger partial charge in [0.1, 0.15) is 0 Å². The van der Waals surface area contributed by atoms with E-state index >= 15 is 0 Å². The molecule has 0 amide bonds. The molecular weight excluding hydrogens is 210 g/mol. The first kappa shape index (κ1) is 13.4. The van der Waals surface area contributed by atoms with Crippen LogP contribution in [0.2, 0.25) is 0 Å². The molecule has 0 radical (unpaired) electrons. The Hall–Kier alpha value is -0.0800. The summed E-state index contributed by atoms with van der Waals surface area (Å²) in [5.74, 6) is 3.53. The molecule has 1 saturated carbocycles. The molecule has 1 saturated heterocycles. The fourth-order valence-corrected chi connectivity index (χ4v) is 4.01. The predicted octanol–water partition coefficient (Wildman–Crippen LogP) is 3.07. The second kappa shape index (κ2) is 6.19. The van der Waals surface area contributed by atoms with Gasteiger partial charge in [-0.15, -0.1) is 0 Å². The van der Waals surface area contributed by atoms with Crippen molar-refractivity contribution in [2.75, 3.05) is 20.3 Å². The Labute approximate surface area is 107 Å². The molecule has 2 nitrogen and oxygen atoms in total. The monoisotopic (exact) mass is 239 g/mol. The summed E-state index contributed by atoms with van der Waals surface area (Å²) >= 11 is 0. The molecule has 1 aliphatic carbocycles. The van der Waals surface area contributed by atoms with Crippen LogP contribution in [-0.4, -0.2) is 26.3 Å². The molecule has 2 fully saturated rings. The van der Waals surface area contributed by atoms with Crippen LogP contribution in [0.3, 0.4) is 0 Å². The molecule has 0 bridgehead atoms. The Morgan fingerprint density at radius 3 is 2.41 bits per heavy atom. The van der Waals surface area contributed by atoms with Crippen LogP contribution in [0.5, 0.6) is 0 Å². The maximum atomic E-state index is 5.50. The van der Waals surface area contributed by atoms with Crippen molar-refractivity contribution >= 4 is 0 Å². The summed E-state index contributed by atoms with van der Waals surface area (Å²) in [7, 11) is 2.14. The molecule has 4 atom stereocenters. The van der Waals surface area contributed by atoms with Crippen LogP contribution in [0.1, 0.15) is 46.0 Å². The molecule has 100 valence electrons. The molecule has 0 aromatic rings. The molecule has 0 aromatic heterocycles. The number of rotatable bonds is 4. The Morgan fingerprint density at radius 1 is 1.18 bits per heavy atom. The SMILES string of the molecule is CNC(CC1CCOC1)C1CC(C)CC(C)C1. The number of ether oxygens (including phenoxy) is 1. The van der Waals surface area contributed by atoms with Gasteiger partial charge in [0.25, 0.3) is 0 Å². The summed E-state index contributed by atoms with van der Waals surface area (Å²) in [6.07, 6.45) is 6.86. The lowest BCUT2D eigenvalue weighted by molar-refractivity contribution is 0.151. The van der Waals surface area contributed by atoms with Crippen molar-refractivity contribution in [3.8, 4) is 0 Å². The quantitative estimate of drug-likeness (QED) is 0.814. The van der Waals surface area contributed by atoms with Crippen LogP contribution in [0.4, 0.5) is 0 Å². The van der Waals surface area contributed by atoms with Crippen LogP contribution in [0.15, 0.2) is 0 Å². The Kier molecular flexibility index (Phi) is 4.87. The van der Waals surface area contributed by atoms with Crippen molar-refractivity contribution in [1.82, 2.24) is 5.32 Å². The van der Waals surface area contributed by atoms with Gasteiger partial charge in [-0.2, -0.15) is 0 Å². The summed E-state index contributed by atoms with van der Waals surface area (Å²) in [6, 6.07) is 0.715. The average molecular weight is 239 g/mol. The molecule has 0 aromatic carbocycles. The number of hydrogen-bond donors (Lipinski definition) is 1. The fraction of sp³-hybridized carbons (Fsp3) is 1.00. The molecule has 1 heterocycles. The van der Waals surface area contributed by atoms with Gasteiger partial charge in [0.2, 0.25) is 0 Å². The van der Waals surface area contributed by atoms with Crippen LogP contribution in [0.25, 0.3) is 0 Å². The maximum Gasteiger partial charge on any atom is 0.0495 e. The van der Waals surface area contributed by atoms with E-state index in [0.717, 1.165) is 36.9 Å². The largest absolute Gasteiger partial charge is 0.381 e. The van der Waals surface area contributed by atoms with Crippen molar-refractivity contribution in [2.24, 2.45) is 23.7 Å². The van der Waals surface area contributed by atoms with Crippen LogP contribution in [0, 0.1) is 23.7 Å². The molecular formula is C15H29NO. The topological polar surface area (TPSA) is 21.3 Å². The van der Waals surface area contributed by atoms with E-state index in [1.165, 1.54) is 32.1 Å². The summed E-state index contributed by atoms with van der Waals surface area (Å²) in [5.41, 5.74) is 0. The number of nitrogens with one attached hydrogen (secondary N) is 1. The Balaban J connectivity index is 1.87. The normalized spacial score (nSPS) is 40.4. The van der Waals surface area contributed by atoms with Gasteiger partial charge in [0, 0.05) is 19.3 Å². The maximum absolute atomic E-state index is 5.50. The molecule has 17 heavy (non-hydrogen) atoms. The van der Waals surface area contributed by atoms with Crippen LogP contribution < -0.4 is 5.32 Å². The lowest BCUT2D eigenvalue weighted by Gasteiger charge is -2.37. The highest BCUT2D eigenvalue weighted by atomic mass is 16.5.